The Morgan fingerprint density at radius 1 is 1.43 bits per heavy atom. The summed E-state index contributed by atoms with van der Waals surface area (Å²) >= 11 is 0. The molecule has 1 saturated heterocycles. The molecule has 0 bridgehead atoms. The smallest absolute Gasteiger partial charge is 0.322 e. The van der Waals surface area contributed by atoms with Gasteiger partial charge >= 0.3 is 6.03 Å². The third-order valence-corrected chi connectivity index (χ3v) is 2.93. The van der Waals surface area contributed by atoms with E-state index in [0.29, 0.717) is 37.7 Å². The molecule has 114 valence electrons. The third-order valence-electron chi connectivity index (χ3n) is 2.93. The molecule has 0 spiro atoms. The van der Waals surface area contributed by atoms with E-state index < -0.39 is 0 Å². The van der Waals surface area contributed by atoms with Gasteiger partial charge < -0.3 is 30.6 Å². The van der Waals surface area contributed by atoms with Crippen LogP contribution in [-0.2, 0) is 4.74 Å². The van der Waals surface area contributed by atoms with Crippen LogP contribution in [0.5, 0.6) is 5.75 Å². The number of nitrogens with one attached hydrogen (secondary N) is 1. The highest BCUT2D eigenvalue weighted by Crippen LogP contribution is 2.24. The number of nitrogens with zero attached hydrogens (tertiary/aromatic N) is 2. The molecule has 0 unspecified atom stereocenters. The summed E-state index contributed by atoms with van der Waals surface area (Å²) in [4.78, 5) is 13.8. The van der Waals surface area contributed by atoms with E-state index in [2.05, 4.69) is 10.5 Å². The fourth-order valence-electron chi connectivity index (χ4n) is 1.84. The molecule has 0 atom stereocenters. The van der Waals surface area contributed by atoms with E-state index in [1.807, 2.05) is 0 Å². The summed E-state index contributed by atoms with van der Waals surface area (Å²) in [5, 5.41) is 14.1. The molecule has 1 aromatic carbocycles. The summed E-state index contributed by atoms with van der Waals surface area (Å²) in [6.07, 6.45) is 0. The van der Waals surface area contributed by atoms with Gasteiger partial charge in [0, 0.05) is 13.1 Å². The largest absolute Gasteiger partial charge is 0.483 e. The van der Waals surface area contributed by atoms with Crippen LogP contribution in [0.4, 0.5) is 10.5 Å². The number of ether oxygens (including phenoxy) is 2. The second-order valence-corrected chi connectivity index (χ2v) is 4.41. The Morgan fingerprint density at radius 2 is 2.14 bits per heavy atom. The number of rotatable bonds is 4. The van der Waals surface area contributed by atoms with Crippen LogP contribution in [0.15, 0.2) is 29.4 Å². The molecule has 0 aliphatic carbocycles. The molecule has 0 aromatic heterocycles. The van der Waals surface area contributed by atoms with Gasteiger partial charge in [-0.2, -0.15) is 0 Å². The number of urea groups is 1. The van der Waals surface area contributed by atoms with Gasteiger partial charge in [0.25, 0.3) is 0 Å². The highest BCUT2D eigenvalue weighted by molar-refractivity contribution is 5.91. The number of carbonyl (C=O) groups excluding carboxylic acids is 1. The topological polar surface area (TPSA) is 109 Å². The van der Waals surface area contributed by atoms with Gasteiger partial charge in [-0.25, -0.2) is 4.79 Å². The van der Waals surface area contributed by atoms with Crippen molar-refractivity contribution in [3.8, 4) is 5.75 Å². The van der Waals surface area contributed by atoms with Crippen LogP contribution in [0.25, 0.3) is 0 Å². The van der Waals surface area contributed by atoms with Crippen LogP contribution in [0, 0.1) is 0 Å². The number of hydrogen-bond acceptors (Lipinski definition) is 5. The monoisotopic (exact) mass is 294 g/mol. The van der Waals surface area contributed by atoms with Gasteiger partial charge in [0.1, 0.15) is 12.4 Å². The Hall–Kier alpha value is -2.48. The first-order chi connectivity index (χ1) is 10.2. The minimum Gasteiger partial charge on any atom is -0.483 e. The van der Waals surface area contributed by atoms with E-state index in [1.165, 1.54) is 0 Å². The molecule has 8 nitrogen and oxygen atoms in total. The van der Waals surface area contributed by atoms with Gasteiger partial charge in [-0.1, -0.05) is 17.3 Å². The minimum absolute atomic E-state index is 0.0516. The van der Waals surface area contributed by atoms with Gasteiger partial charge in [-0.15, -0.1) is 0 Å². The molecule has 8 heteroatoms. The van der Waals surface area contributed by atoms with Gasteiger partial charge in [0.2, 0.25) is 0 Å². The maximum atomic E-state index is 12.1. The summed E-state index contributed by atoms with van der Waals surface area (Å²) in [5.74, 6) is 0.398. The molecule has 0 radical (unpaired) electrons. The van der Waals surface area contributed by atoms with Crippen LogP contribution in [0.3, 0.4) is 0 Å². The van der Waals surface area contributed by atoms with Crippen LogP contribution in [0.1, 0.15) is 0 Å². The second kappa shape index (κ2) is 7.34. The van der Waals surface area contributed by atoms with E-state index in [1.54, 1.807) is 29.2 Å². The Balaban J connectivity index is 2.00. The predicted octanol–water partition coefficient (Wildman–Crippen LogP) is 0.676. The molecule has 1 heterocycles. The average Bonchev–Trinajstić information content (AvgIpc) is 2.54. The zero-order chi connectivity index (χ0) is 15.1. The summed E-state index contributed by atoms with van der Waals surface area (Å²) < 4.78 is 10.6. The highest BCUT2D eigenvalue weighted by Gasteiger charge is 2.18. The van der Waals surface area contributed by atoms with Gasteiger partial charge in [-0.05, 0) is 12.1 Å². The Bertz CT molecular complexity index is 515. The third kappa shape index (κ3) is 4.25. The first-order valence-corrected chi connectivity index (χ1v) is 6.52. The Kier molecular flexibility index (Phi) is 5.22. The number of oxime groups is 1. The van der Waals surface area contributed by atoms with Crippen molar-refractivity contribution >= 4 is 17.6 Å². The first-order valence-electron chi connectivity index (χ1n) is 6.52. The highest BCUT2D eigenvalue weighted by atomic mass is 16.5. The van der Waals surface area contributed by atoms with Crippen molar-refractivity contribution in [2.24, 2.45) is 10.9 Å². The zero-order valence-electron chi connectivity index (χ0n) is 11.5. The number of hydrogen-bond donors (Lipinski definition) is 3. The lowest BCUT2D eigenvalue weighted by Crippen LogP contribution is -2.43. The summed E-state index contributed by atoms with van der Waals surface area (Å²) in [7, 11) is 0. The maximum Gasteiger partial charge on any atom is 0.322 e. The second-order valence-electron chi connectivity index (χ2n) is 4.41. The van der Waals surface area contributed by atoms with Gasteiger partial charge in [0.05, 0.1) is 18.9 Å². The van der Waals surface area contributed by atoms with E-state index in [9.17, 15) is 4.79 Å². The standard InChI is InChI=1S/C13H18N4O4/c14-12(16-19)9-21-11-4-2-1-3-10(11)15-13(18)17-5-7-20-8-6-17/h1-4,19H,5-9H2,(H2,14,16)(H,15,18). The van der Waals surface area contributed by atoms with Crippen LogP contribution in [0.2, 0.25) is 0 Å². The lowest BCUT2D eigenvalue weighted by molar-refractivity contribution is 0.0564. The van der Waals surface area contributed by atoms with Crippen molar-refractivity contribution in [1.29, 1.82) is 0 Å². The van der Waals surface area contributed by atoms with Crippen LogP contribution in [-0.4, -0.2) is 54.9 Å². The van der Waals surface area contributed by atoms with Crippen molar-refractivity contribution < 1.29 is 19.5 Å². The Morgan fingerprint density at radius 3 is 2.86 bits per heavy atom. The van der Waals surface area contributed by atoms with E-state index in [0.717, 1.165) is 0 Å². The van der Waals surface area contributed by atoms with E-state index >= 15 is 0 Å². The van der Waals surface area contributed by atoms with E-state index in [4.69, 9.17) is 20.4 Å². The fourth-order valence-corrected chi connectivity index (χ4v) is 1.84. The number of amides is 2. The number of nitrogens with two attached hydrogens (primary N) is 1. The summed E-state index contributed by atoms with van der Waals surface area (Å²) in [5.41, 5.74) is 5.88. The molecule has 1 fully saturated rings. The number of para-hydroxylation sites is 2. The SMILES string of the molecule is NC(COc1ccccc1NC(=O)N1CCOCC1)=NO. The summed E-state index contributed by atoms with van der Waals surface area (Å²) in [6, 6.07) is 6.76. The number of morpholine rings is 1. The number of benzene rings is 1. The van der Waals surface area contributed by atoms with Crippen molar-refractivity contribution in [2.75, 3.05) is 38.2 Å². The predicted molar refractivity (Wildman–Crippen MR) is 76.8 cm³/mol. The lowest BCUT2D eigenvalue weighted by atomic mass is 10.3. The molecule has 1 aromatic rings. The molecule has 2 amide bonds. The van der Waals surface area contributed by atoms with Gasteiger partial charge in [0.15, 0.2) is 5.84 Å². The number of anilines is 1. The Labute approximate surface area is 122 Å². The van der Waals surface area contributed by atoms with E-state index in [-0.39, 0.29) is 18.5 Å². The van der Waals surface area contributed by atoms with Crippen molar-refractivity contribution in [3.63, 3.8) is 0 Å². The molecule has 0 saturated carbocycles. The van der Waals surface area contributed by atoms with Crippen LogP contribution < -0.4 is 15.8 Å². The molecule has 21 heavy (non-hydrogen) atoms. The number of amidine groups is 1. The first kappa shape index (κ1) is 14.9. The van der Waals surface area contributed by atoms with Crippen molar-refractivity contribution in [2.45, 2.75) is 0 Å². The molecule has 4 N–H and O–H groups in total. The minimum atomic E-state index is -0.210. The fraction of sp³-hybridized carbons (Fsp3) is 0.385. The zero-order valence-corrected chi connectivity index (χ0v) is 11.5. The molecule has 2 rings (SSSR count). The van der Waals surface area contributed by atoms with Crippen molar-refractivity contribution in [1.82, 2.24) is 4.90 Å². The van der Waals surface area contributed by atoms with Crippen LogP contribution >= 0.6 is 0 Å². The summed E-state index contributed by atoms with van der Waals surface area (Å²) in [6.45, 7) is 2.11. The lowest BCUT2D eigenvalue weighted by Gasteiger charge is -2.27. The molecule has 1 aliphatic heterocycles. The average molecular weight is 294 g/mol. The molecular weight excluding hydrogens is 276 g/mol. The molecule has 1 aliphatic rings. The molecular formula is C13H18N4O4. The van der Waals surface area contributed by atoms with Crippen molar-refractivity contribution in [3.05, 3.63) is 24.3 Å². The quantitative estimate of drug-likeness (QED) is 0.327. The number of carbonyl (C=O) groups is 1. The van der Waals surface area contributed by atoms with Gasteiger partial charge in [-0.3, -0.25) is 0 Å². The normalized spacial score (nSPS) is 15.6. The maximum absolute atomic E-state index is 12.1.